The second kappa shape index (κ2) is 8.69. The molecular formula is C14H14F3N3O2. The Kier molecular flexibility index (Phi) is 6.92. The first-order valence-electron chi connectivity index (χ1n) is 6.28. The number of benzene rings is 1. The first-order chi connectivity index (χ1) is 10.5. The molecule has 0 atom stereocenters. The van der Waals surface area contributed by atoms with Crippen molar-refractivity contribution >= 4 is 11.6 Å². The molecule has 8 heteroatoms. The van der Waals surface area contributed by atoms with E-state index in [1.165, 1.54) is 7.11 Å². The average Bonchev–Trinajstić information content (AvgIpc) is 2.51. The molecule has 0 aliphatic heterocycles. The number of halogens is 3. The lowest BCUT2D eigenvalue weighted by atomic mass is 10.2. The van der Waals surface area contributed by atoms with Gasteiger partial charge in [-0.15, -0.1) is 0 Å². The van der Waals surface area contributed by atoms with Crippen LogP contribution in [-0.2, 0) is 9.53 Å². The third-order valence-corrected chi connectivity index (χ3v) is 2.58. The van der Waals surface area contributed by atoms with Gasteiger partial charge in [-0.1, -0.05) is 0 Å². The largest absolute Gasteiger partial charge is 0.385 e. The molecule has 0 bridgehead atoms. The van der Waals surface area contributed by atoms with Gasteiger partial charge in [-0.05, 0) is 18.6 Å². The predicted octanol–water partition coefficient (Wildman–Crippen LogP) is 2.08. The maximum atomic E-state index is 13.4. The first-order valence-corrected chi connectivity index (χ1v) is 6.28. The lowest BCUT2D eigenvalue weighted by Gasteiger charge is -2.06. The van der Waals surface area contributed by atoms with Gasteiger partial charge in [-0.2, -0.15) is 5.26 Å². The summed E-state index contributed by atoms with van der Waals surface area (Å²) in [5.41, 5.74) is -0.722. The SMILES string of the molecule is COCCCNC(=O)/C(C#N)=C\Nc1ccc(F)c(F)c1F. The molecule has 0 radical (unpaired) electrons. The summed E-state index contributed by atoms with van der Waals surface area (Å²) < 4.78 is 44.0. The third kappa shape index (κ3) is 4.79. The molecule has 0 fully saturated rings. The zero-order valence-electron chi connectivity index (χ0n) is 11.8. The number of hydrogen-bond acceptors (Lipinski definition) is 4. The van der Waals surface area contributed by atoms with E-state index in [1.807, 2.05) is 0 Å². The Morgan fingerprint density at radius 2 is 2.09 bits per heavy atom. The number of amides is 1. The molecule has 5 nitrogen and oxygen atoms in total. The normalized spacial score (nSPS) is 11.0. The average molecular weight is 313 g/mol. The van der Waals surface area contributed by atoms with Gasteiger partial charge in [0.2, 0.25) is 0 Å². The van der Waals surface area contributed by atoms with E-state index >= 15 is 0 Å². The topological polar surface area (TPSA) is 74.1 Å². The van der Waals surface area contributed by atoms with E-state index in [0.29, 0.717) is 19.6 Å². The van der Waals surface area contributed by atoms with E-state index < -0.39 is 23.4 Å². The van der Waals surface area contributed by atoms with Crippen LogP contribution in [0.25, 0.3) is 0 Å². The minimum absolute atomic E-state index is 0.297. The fourth-order valence-electron chi connectivity index (χ4n) is 1.45. The molecule has 1 amide bonds. The summed E-state index contributed by atoms with van der Waals surface area (Å²) in [6.07, 6.45) is 1.48. The summed E-state index contributed by atoms with van der Waals surface area (Å²) in [6, 6.07) is 3.31. The van der Waals surface area contributed by atoms with Gasteiger partial charge in [-0.25, -0.2) is 13.2 Å². The number of hydrogen-bond donors (Lipinski definition) is 2. The molecule has 0 saturated carbocycles. The Hall–Kier alpha value is -2.53. The molecular weight excluding hydrogens is 299 g/mol. The molecule has 22 heavy (non-hydrogen) atoms. The van der Waals surface area contributed by atoms with Gasteiger partial charge in [0.25, 0.3) is 5.91 Å². The Bertz CT molecular complexity index is 612. The van der Waals surface area contributed by atoms with Crippen molar-refractivity contribution in [3.8, 4) is 6.07 Å². The molecule has 1 aromatic carbocycles. The van der Waals surface area contributed by atoms with Crippen LogP contribution in [0.15, 0.2) is 23.9 Å². The number of ether oxygens (including phenoxy) is 1. The van der Waals surface area contributed by atoms with E-state index in [2.05, 4.69) is 10.6 Å². The van der Waals surface area contributed by atoms with Crippen molar-refractivity contribution < 1.29 is 22.7 Å². The highest BCUT2D eigenvalue weighted by molar-refractivity contribution is 5.97. The van der Waals surface area contributed by atoms with Crippen molar-refractivity contribution in [1.82, 2.24) is 5.32 Å². The summed E-state index contributed by atoms with van der Waals surface area (Å²) in [5.74, 6) is -5.08. The molecule has 1 aromatic rings. The van der Waals surface area contributed by atoms with Crippen LogP contribution in [0.2, 0.25) is 0 Å². The van der Waals surface area contributed by atoms with Crippen molar-refractivity contribution in [1.29, 1.82) is 5.26 Å². The molecule has 0 spiro atoms. The number of carbonyl (C=O) groups is 1. The van der Waals surface area contributed by atoms with Gasteiger partial charge in [0.05, 0.1) is 5.69 Å². The van der Waals surface area contributed by atoms with Crippen LogP contribution >= 0.6 is 0 Å². The lowest BCUT2D eigenvalue weighted by Crippen LogP contribution is -2.26. The minimum Gasteiger partial charge on any atom is -0.385 e. The first kappa shape index (κ1) is 17.5. The smallest absolute Gasteiger partial charge is 0.263 e. The molecule has 0 aromatic heterocycles. The highest BCUT2D eigenvalue weighted by Crippen LogP contribution is 2.19. The minimum atomic E-state index is -1.64. The van der Waals surface area contributed by atoms with Crippen LogP contribution in [0, 0.1) is 28.8 Å². The fourth-order valence-corrected chi connectivity index (χ4v) is 1.45. The second-order valence-corrected chi connectivity index (χ2v) is 4.14. The predicted molar refractivity (Wildman–Crippen MR) is 73.1 cm³/mol. The van der Waals surface area contributed by atoms with Gasteiger partial charge < -0.3 is 15.4 Å². The van der Waals surface area contributed by atoms with Gasteiger partial charge >= 0.3 is 0 Å². The van der Waals surface area contributed by atoms with Crippen molar-refractivity contribution in [3.63, 3.8) is 0 Å². The number of nitriles is 1. The van der Waals surface area contributed by atoms with Gasteiger partial charge in [0.1, 0.15) is 11.6 Å². The molecule has 0 unspecified atom stereocenters. The second-order valence-electron chi connectivity index (χ2n) is 4.14. The molecule has 0 aliphatic rings. The summed E-state index contributed by atoms with van der Waals surface area (Å²) >= 11 is 0. The maximum absolute atomic E-state index is 13.4. The lowest BCUT2D eigenvalue weighted by molar-refractivity contribution is -0.117. The van der Waals surface area contributed by atoms with Crippen LogP contribution in [0.4, 0.5) is 18.9 Å². The van der Waals surface area contributed by atoms with Crippen molar-refractivity contribution in [2.45, 2.75) is 6.42 Å². The van der Waals surface area contributed by atoms with Gasteiger partial charge in [0.15, 0.2) is 17.5 Å². The highest BCUT2D eigenvalue weighted by atomic mass is 19.2. The van der Waals surface area contributed by atoms with Gasteiger partial charge in [0, 0.05) is 26.5 Å². The highest BCUT2D eigenvalue weighted by Gasteiger charge is 2.13. The molecule has 0 aliphatic carbocycles. The summed E-state index contributed by atoms with van der Waals surface area (Å²) in [4.78, 5) is 11.7. The number of rotatable bonds is 7. The van der Waals surface area contributed by atoms with Crippen molar-refractivity contribution in [2.24, 2.45) is 0 Å². The fraction of sp³-hybridized carbons (Fsp3) is 0.286. The van der Waals surface area contributed by atoms with E-state index in [9.17, 15) is 18.0 Å². The molecule has 2 N–H and O–H groups in total. The Morgan fingerprint density at radius 3 is 2.73 bits per heavy atom. The third-order valence-electron chi connectivity index (χ3n) is 2.58. The zero-order chi connectivity index (χ0) is 16.5. The van der Waals surface area contributed by atoms with E-state index in [-0.39, 0.29) is 11.3 Å². The standard InChI is InChI=1S/C14H14F3N3O2/c1-22-6-2-5-19-14(21)9(7-18)8-20-11-4-3-10(15)12(16)13(11)17/h3-4,8,20H,2,5-6H2,1H3,(H,19,21)/b9-8-. The summed E-state index contributed by atoms with van der Waals surface area (Å²) in [6.45, 7) is 0.745. The molecule has 118 valence electrons. The number of carbonyl (C=O) groups excluding carboxylic acids is 1. The summed E-state index contributed by atoms with van der Waals surface area (Å²) in [5, 5.41) is 13.6. The Labute approximate surface area is 125 Å². The quantitative estimate of drug-likeness (QED) is 0.350. The van der Waals surface area contributed by atoms with Crippen molar-refractivity contribution in [2.75, 3.05) is 25.6 Å². The van der Waals surface area contributed by atoms with Crippen LogP contribution < -0.4 is 10.6 Å². The number of anilines is 1. The van der Waals surface area contributed by atoms with Crippen molar-refractivity contribution in [3.05, 3.63) is 41.4 Å². The number of nitrogens with one attached hydrogen (secondary N) is 2. The number of methoxy groups -OCH3 is 1. The molecule has 0 heterocycles. The van der Waals surface area contributed by atoms with Crippen LogP contribution in [0.3, 0.4) is 0 Å². The molecule has 0 saturated heterocycles. The van der Waals surface area contributed by atoms with E-state index in [1.54, 1.807) is 6.07 Å². The summed E-state index contributed by atoms with van der Waals surface area (Å²) in [7, 11) is 1.52. The van der Waals surface area contributed by atoms with Crippen LogP contribution in [0.5, 0.6) is 0 Å². The molecule has 1 rings (SSSR count). The van der Waals surface area contributed by atoms with Gasteiger partial charge in [-0.3, -0.25) is 4.79 Å². The van der Waals surface area contributed by atoms with Crippen LogP contribution in [-0.4, -0.2) is 26.2 Å². The zero-order valence-corrected chi connectivity index (χ0v) is 11.8. The monoisotopic (exact) mass is 313 g/mol. The maximum Gasteiger partial charge on any atom is 0.263 e. The Morgan fingerprint density at radius 1 is 1.36 bits per heavy atom. The Balaban J connectivity index is 2.72. The van der Waals surface area contributed by atoms with Crippen LogP contribution in [0.1, 0.15) is 6.42 Å². The van der Waals surface area contributed by atoms with E-state index in [4.69, 9.17) is 10.00 Å². The van der Waals surface area contributed by atoms with E-state index in [0.717, 1.165) is 18.3 Å². The number of nitrogens with zero attached hydrogens (tertiary/aromatic N) is 1.